The molecule has 0 unspecified atom stereocenters. The van der Waals surface area contributed by atoms with Crippen LogP contribution in [0.2, 0.25) is 4.34 Å². The van der Waals surface area contributed by atoms with Gasteiger partial charge in [-0.05, 0) is 11.6 Å². The van der Waals surface area contributed by atoms with Crippen LogP contribution in [0.5, 0.6) is 0 Å². The minimum atomic E-state index is 0.370. The second-order valence-electron chi connectivity index (χ2n) is 2.91. The van der Waals surface area contributed by atoms with Gasteiger partial charge in [0, 0.05) is 10.1 Å². The van der Waals surface area contributed by atoms with Crippen LogP contribution in [0.3, 0.4) is 0 Å². The number of nitrogen functional groups attached to an aromatic ring is 1. The average molecular weight is 223 g/mol. The third kappa shape index (κ3) is 1.33. The van der Waals surface area contributed by atoms with Crippen LogP contribution in [0, 0.1) is 11.3 Å². The Balaban J connectivity index is 2.79. The van der Waals surface area contributed by atoms with E-state index in [1.165, 1.54) is 11.3 Å². The van der Waals surface area contributed by atoms with Gasteiger partial charge >= 0.3 is 0 Å². The highest BCUT2D eigenvalue weighted by atomic mass is 35.5. The molecule has 1 aromatic heterocycles. The van der Waals surface area contributed by atoms with Crippen LogP contribution >= 0.6 is 22.9 Å². The van der Waals surface area contributed by atoms with Gasteiger partial charge < -0.3 is 5.73 Å². The molecule has 0 fully saturated rings. The molecule has 1 aromatic carbocycles. The Labute approximate surface area is 90.5 Å². The molecule has 0 saturated heterocycles. The fourth-order valence-corrected chi connectivity index (χ4v) is 2.69. The summed E-state index contributed by atoms with van der Waals surface area (Å²) in [7, 11) is 0. The zero-order chi connectivity index (χ0) is 10.1. The molecule has 0 atom stereocenters. The molecule has 0 radical (unpaired) electrons. The quantitative estimate of drug-likeness (QED) is 0.806. The maximum absolute atomic E-state index is 8.66. The number of nitriles is 1. The van der Waals surface area contributed by atoms with Crippen molar-refractivity contribution in [3.8, 4) is 6.07 Å². The number of rotatable bonds is 1. The van der Waals surface area contributed by atoms with Crippen molar-refractivity contribution < 1.29 is 0 Å². The summed E-state index contributed by atoms with van der Waals surface area (Å²) in [4.78, 5) is 0. The fraction of sp³-hybridized carbons (Fsp3) is 0.100. The lowest BCUT2D eigenvalue weighted by atomic mass is 10.1. The molecule has 0 aliphatic carbocycles. The standard InChI is InChI=1S/C10H7ClN2S/c11-10-9(13)8-6(4-5-12)2-1-3-7(8)14-10/h1-3H,4,13H2. The summed E-state index contributed by atoms with van der Waals surface area (Å²) in [5.74, 6) is 0. The molecule has 2 rings (SSSR count). The first-order chi connectivity index (χ1) is 6.74. The van der Waals surface area contributed by atoms with E-state index < -0.39 is 0 Å². The van der Waals surface area contributed by atoms with Crippen molar-refractivity contribution in [3.05, 3.63) is 28.1 Å². The molecule has 0 aliphatic rings. The number of anilines is 1. The van der Waals surface area contributed by atoms with E-state index >= 15 is 0 Å². The van der Waals surface area contributed by atoms with Crippen molar-refractivity contribution in [2.75, 3.05) is 5.73 Å². The summed E-state index contributed by atoms with van der Waals surface area (Å²) in [6.07, 6.45) is 0.370. The summed E-state index contributed by atoms with van der Waals surface area (Å²) in [6, 6.07) is 7.91. The van der Waals surface area contributed by atoms with Gasteiger partial charge in [-0.25, -0.2) is 0 Å². The van der Waals surface area contributed by atoms with Crippen molar-refractivity contribution >= 4 is 38.7 Å². The smallest absolute Gasteiger partial charge is 0.117 e. The summed E-state index contributed by atoms with van der Waals surface area (Å²) in [5, 5.41) is 9.59. The number of nitrogens with zero attached hydrogens (tertiary/aromatic N) is 1. The van der Waals surface area contributed by atoms with Crippen LogP contribution in [0.4, 0.5) is 5.69 Å². The minimum absolute atomic E-state index is 0.370. The zero-order valence-electron chi connectivity index (χ0n) is 7.25. The first-order valence-electron chi connectivity index (χ1n) is 4.06. The molecule has 0 amide bonds. The third-order valence-electron chi connectivity index (χ3n) is 2.06. The first-order valence-corrected chi connectivity index (χ1v) is 5.26. The van der Waals surface area contributed by atoms with Gasteiger partial charge in [0.1, 0.15) is 4.34 Å². The zero-order valence-corrected chi connectivity index (χ0v) is 8.82. The van der Waals surface area contributed by atoms with Crippen molar-refractivity contribution in [3.63, 3.8) is 0 Å². The molecule has 4 heteroatoms. The molecule has 0 aliphatic heterocycles. The first kappa shape index (κ1) is 9.32. The molecule has 14 heavy (non-hydrogen) atoms. The largest absolute Gasteiger partial charge is 0.396 e. The predicted molar refractivity (Wildman–Crippen MR) is 60.6 cm³/mol. The Morgan fingerprint density at radius 2 is 2.29 bits per heavy atom. The van der Waals surface area contributed by atoms with E-state index in [1.807, 2.05) is 18.2 Å². The molecule has 0 bridgehead atoms. The lowest BCUT2D eigenvalue weighted by Gasteiger charge is -1.98. The van der Waals surface area contributed by atoms with E-state index in [-0.39, 0.29) is 0 Å². The summed E-state index contributed by atoms with van der Waals surface area (Å²) in [5.41, 5.74) is 7.38. The monoisotopic (exact) mass is 222 g/mol. The van der Waals surface area contributed by atoms with Crippen LogP contribution < -0.4 is 5.73 Å². The van der Waals surface area contributed by atoms with E-state index in [0.29, 0.717) is 16.4 Å². The van der Waals surface area contributed by atoms with E-state index in [2.05, 4.69) is 6.07 Å². The van der Waals surface area contributed by atoms with Crippen LogP contribution in [0.25, 0.3) is 10.1 Å². The summed E-state index contributed by atoms with van der Waals surface area (Å²) >= 11 is 7.38. The van der Waals surface area contributed by atoms with Gasteiger partial charge in [0.05, 0.1) is 18.2 Å². The van der Waals surface area contributed by atoms with Crippen molar-refractivity contribution in [1.82, 2.24) is 0 Å². The number of nitrogens with two attached hydrogens (primary N) is 1. The Bertz CT molecular complexity index is 525. The maximum atomic E-state index is 8.66. The van der Waals surface area contributed by atoms with Gasteiger partial charge in [-0.1, -0.05) is 23.7 Å². The van der Waals surface area contributed by atoms with E-state index in [4.69, 9.17) is 22.6 Å². The highest BCUT2D eigenvalue weighted by Crippen LogP contribution is 2.39. The number of fused-ring (bicyclic) bond motifs is 1. The van der Waals surface area contributed by atoms with Crippen LogP contribution in [0.1, 0.15) is 5.56 Å². The molecular weight excluding hydrogens is 216 g/mol. The molecule has 2 N–H and O–H groups in total. The Hall–Kier alpha value is -1.24. The molecule has 0 spiro atoms. The number of thiophene rings is 1. The number of hydrogen-bond acceptors (Lipinski definition) is 3. The van der Waals surface area contributed by atoms with Gasteiger partial charge in [0.15, 0.2) is 0 Å². The van der Waals surface area contributed by atoms with Gasteiger partial charge in [-0.2, -0.15) is 5.26 Å². The van der Waals surface area contributed by atoms with Crippen LogP contribution in [0.15, 0.2) is 18.2 Å². The molecule has 70 valence electrons. The minimum Gasteiger partial charge on any atom is -0.396 e. The predicted octanol–water partition coefficient (Wildman–Crippen LogP) is 3.20. The SMILES string of the molecule is N#CCc1cccc2sc(Cl)c(N)c12. The van der Waals surface area contributed by atoms with Gasteiger partial charge in [-0.15, -0.1) is 11.3 Å². The van der Waals surface area contributed by atoms with E-state index in [1.54, 1.807) is 0 Å². The van der Waals surface area contributed by atoms with E-state index in [9.17, 15) is 0 Å². The van der Waals surface area contributed by atoms with Gasteiger partial charge in [-0.3, -0.25) is 0 Å². The average Bonchev–Trinajstić information content (AvgIpc) is 2.45. The van der Waals surface area contributed by atoms with Crippen molar-refractivity contribution in [1.29, 1.82) is 5.26 Å². The second kappa shape index (κ2) is 3.49. The number of halogens is 1. The van der Waals surface area contributed by atoms with Crippen molar-refractivity contribution in [2.45, 2.75) is 6.42 Å². The molecular formula is C10H7ClN2S. The number of hydrogen-bond donors (Lipinski definition) is 1. The molecule has 2 aromatic rings. The normalized spacial score (nSPS) is 10.3. The summed E-state index contributed by atoms with van der Waals surface area (Å²) in [6.45, 7) is 0. The summed E-state index contributed by atoms with van der Waals surface area (Å²) < 4.78 is 1.64. The van der Waals surface area contributed by atoms with Crippen LogP contribution in [-0.4, -0.2) is 0 Å². The Morgan fingerprint density at radius 3 is 3.00 bits per heavy atom. The Morgan fingerprint density at radius 1 is 1.50 bits per heavy atom. The third-order valence-corrected chi connectivity index (χ3v) is 3.46. The lowest BCUT2D eigenvalue weighted by Crippen LogP contribution is -1.87. The molecule has 2 nitrogen and oxygen atoms in total. The fourth-order valence-electron chi connectivity index (χ4n) is 1.45. The molecule has 0 saturated carbocycles. The van der Waals surface area contributed by atoms with Crippen LogP contribution in [-0.2, 0) is 6.42 Å². The Kier molecular flexibility index (Phi) is 2.32. The van der Waals surface area contributed by atoms with Gasteiger partial charge in [0.2, 0.25) is 0 Å². The van der Waals surface area contributed by atoms with E-state index in [0.717, 1.165) is 15.6 Å². The highest BCUT2D eigenvalue weighted by molar-refractivity contribution is 7.23. The lowest BCUT2D eigenvalue weighted by molar-refractivity contribution is 1.29. The van der Waals surface area contributed by atoms with Crippen molar-refractivity contribution in [2.24, 2.45) is 0 Å². The molecule has 1 heterocycles. The highest BCUT2D eigenvalue weighted by Gasteiger charge is 2.10. The topological polar surface area (TPSA) is 49.8 Å². The number of benzene rings is 1. The second-order valence-corrected chi connectivity index (χ2v) is 4.57. The van der Waals surface area contributed by atoms with Gasteiger partial charge in [0.25, 0.3) is 0 Å². The maximum Gasteiger partial charge on any atom is 0.117 e.